The Balaban J connectivity index is 2.36. The number of benzene rings is 3. The van der Waals surface area contributed by atoms with Crippen LogP contribution in [0.25, 0.3) is 21.5 Å². The average Bonchev–Trinajstić information content (AvgIpc) is 2.35. The second-order valence-electron chi connectivity index (χ2n) is 4.02. The summed E-state index contributed by atoms with van der Waals surface area (Å²) in [4.78, 5) is 11.1. The predicted octanol–water partition coefficient (Wildman–Crippen LogP) is 2.89. The third kappa shape index (κ3) is 1.64. The van der Waals surface area contributed by atoms with Crippen LogP contribution in [0.3, 0.4) is 0 Å². The minimum absolute atomic E-state index is 0.403. The average molecular weight is 220 g/mol. The molecule has 1 amide bonds. The van der Waals surface area contributed by atoms with Gasteiger partial charge >= 0.3 is 0 Å². The van der Waals surface area contributed by atoms with Crippen molar-refractivity contribution in [1.82, 2.24) is 0 Å². The number of hydrogen-bond donors (Lipinski definition) is 1. The first kappa shape index (κ1) is 9.85. The highest BCUT2D eigenvalue weighted by Crippen LogP contribution is 2.22. The van der Waals surface area contributed by atoms with E-state index in [9.17, 15) is 4.79 Å². The maximum atomic E-state index is 11.1. The van der Waals surface area contributed by atoms with Gasteiger partial charge in [-0.3, -0.25) is 4.79 Å². The van der Waals surface area contributed by atoms with E-state index in [2.05, 4.69) is 6.07 Å². The van der Waals surface area contributed by atoms with E-state index in [1.54, 1.807) is 12.1 Å². The van der Waals surface area contributed by atoms with Gasteiger partial charge in [-0.25, -0.2) is 0 Å². The summed E-state index contributed by atoms with van der Waals surface area (Å²) in [6.45, 7) is 0. The van der Waals surface area contributed by atoms with Gasteiger partial charge in [-0.2, -0.15) is 0 Å². The molecule has 81 valence electrons. The molecule has 0 aliphatic rings. The Labute approximate surface area is 98.7 Å². The van der Waals surface area contributed by atoms with Gasteiger partial charge in [-0.05, 0) is 45.8 Å². The number of nitrogens with two attached hydrogens (primary N) is 1. The van der Waals surface area contributed by atoms with Crippen LogP contribution in [0.5, 0.6) is 0 Å². The van der Waals surface area contributed by atoms with Crippen LogP contribution in [-0.4, -0.2) is 5.91 Å². The fraction of sp³-hybridized carbons (Fsp3) is 0. The summed E-state index contributed by atoms with van der Waals surface area (Å²) in [7, 11) is 0. The van der Waals surface area contributed by atoms with Gasteiger partial charge in [0.05, 0.1) is 0 Å². The predicted molar refractivity (Wildman–Crippen MR) is 68.8 cm³/mol. The van der Waals surface area contributed by atoms with E-state index in [1.807, 2.05) is 36.4 Å². The van der Waals surface area contributed by atoms with Gasteiger partial charge in [0.2, 0.25) is 5.91 Å². The third-order valence-corrected chi connectivity index (χ3v) is 2.88. The van der Waals surface area contributed by atoms with Crippen molar-refractivity contribution in [2.75, 3.05) is 0 Å². The van der Waals surface area contributed by atoms with Crippen molar-refractivity contribution in [3.05, 3.63) is 60.2 Å². The van der Waals surface area contributed by atoms with Crippen molar-refractivity contribution in [2.45, 2.75) is 0 Å². The number of carbonyl (C=O) groups is 1. The molecule has 2 nitrogen and oxygen atoms in total. The van der Waals surface area contributed by atoms with Gasteiger partial charge in [0.15, 0.2) is 0 Å². The zero-order valence-corrected chi connectivity index (χ0v) is 9.10. The molecule has 0 atom stereocenters. The quantitative estimate of drug-likeness (QED) is 0.629. The lowest BCUT2D eigenvalue weighted by atomic mass is 10.0. The van der Waals surface area contributed by atoms with E-state index in [1.165, 1.54) is 0 Å². The smallest absolute Gasteiger partial charge is 0.248 e. The zero-order valence-electron chi connectivity index (χ0n) is 9.10. The van der Waals surface area contributed by atoms with Gasteiger partial charge in [0.25, 0.3) is 0 Å². The summed E-state index contributed by atoms with van der Waals surface area (Å²) in [5, 5.41) is 4.17. The standard InChI is InChI=1S/C15H10NO/c16-15(17)13-6-5-12-7-10-3-1-2-4-11(10)8-14(12)9-13/h1-6,8-9H,(H2,16,17). The number of hydrogen-bond acceptors (Lipinski definition) is 1. The van der Waals surface area contributed by atoms with Crippen LogP contribution in [-0.2, 0) is 0 Å². The van der Waals surface area contributed by atoms with Gasteiger partial charge in [0, 0.05) is 5.56 Å². The van der Waals surface area contributed by atoms with E-state index in [0.29, 0.717) is 5.56 Å². The Morgan fingerprint density at radius 3 is 2.53 bits per heavy atom. The molecule has 0 unspecified atom stereocenters. The number of carbonyl (C=O) groups excluding carboxylic acids is 1. The first-order chi connectivity index (χ1) is 8.24. The second-order valence-corrected chi connectivity index (χ2v) is 4.02. The van der Waals surface area contributed by atoms with Crippen molar-refractivity contribution < 1.29 is 4.79 Å². The molecule has 0 saturated heterocycles. The Kier molecular flexibility index (Phi) is 2.08. The molecule has 0 saturated carbocycles. The molecule has 1 radical (unpaired) electrons. The zero-order chi connectivity index (χ0) is 11.8. The van der Waals surface area contributed by atoms with Gasteiger partial charge in [-0.15, -0.1) is 0 Å². The number of primary amides is 1. The summed E-state index contributed by atoms with van der Waals surface area (Å²) in [6, 6.07) is 18.8. The fourth-order valence-corrected chi connectivity index (χ4v) is 2.00. The van der Waals surface area contributed by atoms with Gasteiger partial charge in [-0.1, -0.05) is 30.3 Å². The molecule has 2 N–H and O–H groups in total. The van der Waals surface area contributed by atoms with Crippen LogP contribution < -0.4 is 5.73 Å². The monoisotopic (exact) mass is 220 g/mol. The van der Waals surface area contributed by atoms with Crippen LogP contribution in [0.1, 0.15) is 10.4 Å². The lowest BCUT2D eigenvalue weighted by Gasteiger charge is -2.03. The summed E-state index contributed by atoms with van der Waals surface area (Å²) < 4.78 is 0. The maximum Gasteiger partial charge on any atom is 0.248 e. The number of amides is 1. The topological polar surface area (TPSA) is 43.1 Å². The Bertz CT molecular complexity index is 731. The maximum absolute atomic E-state index is 11.1. The molecule has 0 heterocycles. The molecule has 0 spiro atoms. The molecule has 0 aliphatic carbocycles. The van der Waals surface area contributed by atoms with Crippen molar-refractivity contribution in [3.8, 4) is 0 Å². The van der Waals surface area contributed by atoms with Crippen LogP contribution >= 0.6 is 0 Å². The highest BCUT2D eigenvalue weighted by molar-refractivity contribution is 6.02. The van der Waals surface area contributed by atoms with Gasteiger partial charge < -0.3 is 5.73 Å². The molecule has 0 aromatic heterocycles. The molecule has 3 rings (SSSR count). The minimum atomic E-state index is -0.403. The molecular weight excluding hydrogens is 210 g/mol. The minimum Gasteiger partial charge on any atom is -0.366 e. The summed E-state index contributed by atoms with van der Waals surface area (Å²) in [6.07, 6.45) is 0. The second kappa shape index (κ2) is 3.59. The first-order valence-corrected chi connectivity index (χ1v) is 5.39. The van der Waals surface area contributed by atoms with E-state index < -0.39 is 5.91 Å². The SMILES string of the molecule is NC(=O)c1ccc2[c]c3ccccc3cc2c1. The summed E-state index contributed by atoms with van der Waals surface area (Å²) >= 11 is 0. The molecule has 0 fully saturated rings. The lowest BCUT2D eigenvalue weighted by molar-refractivity contribution is 0.100. The Hall–Kier alpha value is -2.35. The Morgan fingerprint density at radius 1 is 0.941 bits per heavy atom. The third-order valence-electron chi connectivity index (χ3n) is 2.88. The molecule has 3 aromatic rings. The van der Waals surface area contributed by atoms with Crippen LogP contribution in [0.4, 0.5) is 0 Å². The van der Waals surface area contributed by atoms with Crippen molar-refractivity contribution >= 4 is 27.5 Å². The van der Waals surface area contributed by atoms with Crippen LogP contribution in [0.2, 0.25) is 0 Å². The molecule has 0 aliphatic heterocycles. The molecule has 17 heavy (non-hydrogen) atoms. The fourth-order valence-electron chi connectivity index (χ4n) is 2.00. The van der Waals surface area contributed by atoms with Crippen LogP contribution in [0, 0.1) is 6.07 Å². The number of fused-ring (bicyclic) bond motifs is 2. The van der Waals surface area contributed by atoms with E-state index in [-0.39, 0.29) is 0 Å². The molecular formula is C15H10NO. The highest BCUT2D eigenvalue weighted by Gasteiger charge is 2.03. The number of rotatable bonds is 1. The summed E-state index contributed by atoms with van der Waals surface area (Å²) in [5.41, 5.74) is 5.80. The van der Waals surface area contributed by atoms with E-state index >= 15 is 0 Å². The van der Waals surface area contributed by atoms with Crippen molar-refractivity contribution in [1.29, 1.82) is 0 Å². The normalized spacial score (nSPS) is 10.8. The molecule has 0 bridgehead atoms. The first-order valence-electron chi connectivity index (χ1n) is 5.39. The van der Waals surface area contributed by atoms with E-state index in [4.69, 9.17) is 5.73 Å². The summed E-state index contributed by atoms with van der Waals surface area (Å²) in [5.74, 6) is -0.403. The Morgan fingerprint density at radius 2 is 1.71 bits per heavy atom. The largest absolute Gasteiger partial charge is 0.366 e. The van der Waals surface area contributed by atoms with Crippen molar-refractivity contribution in [2.24, 2.45) is 5.73 Å². The molecule has 3 aromatic carbocycles. The van der Waals surface area contributed by atoms with Crippen LogP contribution in [0.15, 0.2) is 48.5 Å². The highest BCUT2D eigenvalue weighted by atomic mass is 16.1. The van der Waals surface area contributed by atoms with Gasteiger partial charge in [0.1, 0.15) is 0 Å². The van der Waals surface area contributed by atoms with Crippen molar-refractivity contribution in [3.63, 3.8) is 0 Å². The lowest BCUT2D eigenvalue weighted by Crippen LogP contribution is -2.10. The molecule has 2 heteroatoms. The van der Waals surface area contributed by atoms with E-state index in [0.717, 1.165) is 21.5 Å².